The van der Waals surface area contributed by atoms with Crippen molar-refractivity contribution in [1.82, 2.24) is 4.57 Å². The number of furan rings is 1. The summed E-state index contributed by atoms with van der Waals surface area (Å²) in [6, 6.07) is 6.12. The van der Waals surface area contributed by atoms with Crippen LogP contribution in [-0.4, -0.2) is 42.4 Å². The number of rotatable bonds is 6. The highest BCUT2D eigenvalue weighted by Crippen LogP contribution is 2.53. The van der Waals surface area contributed by atoms with Gasteiger partial charge in [-0.05, 0) is 24.3 Å². The number of aromatic nitrogens is 1. The molecule has 0 fully saturated rings. The lowest BCUT2D eigenvalue weighted by molar-refractivity contribution is 0.401. The molecule has 1 aliphatic rings. The summed E-state index contributed by atoms with van der Waals surface area (Å²) in [5.41, 5.74) is 1.13. The Balaban J connectivity index is 1.86. The number of anilines is 2. The number of hydrogen-bond acceptors (Lipinski definition) is 8. The SMILES string of the molecule is COP1(=O)N=C(c2c(O)c(C(C)(C)C)n(Cc3ccoc3)c2O)Nc2ccc(NS(C)(=O)=O)cc21. The van der Waals surface area contributed by atoms with E-state index in [1.54, 1.807) is 10.6 Å². The average Bonchev–Trinajstić information content (AvgIpc) is 3.33. The molecular formula is C22H27N4O7PS. The minimum atomic E-state index is -3.90. The van der Waals surface area contributed by atoms with E-state index in [0.29, 0.717) is 11.4 Å². The van der Waals surface area contributed by atoms with Gasteiger partial charge in [0.15, 0.2) is 11.6 Å². The van der Waals surface area contributed by atoms with Gasteiger partial charge in [0.1, 0.15) is 5.56 Å². The van der Waals surface area contributed by atoms with E-state index in [1.165, 1.54) is 37.8 Å². The fourth-order valence-electron chi connectivity index (χ4n) is 4.03. The van der Waals surface area contributed by atoms with Gasteiger partial charge in [0, 0.05) is 23.8 Å². The molecule has 0 spiro atoms. The van der Waals surface area contributed by atoms with E-state index >= 15 is 0 Å². The smallest absolute Gasteiger partial charge is 0.348 e. The van der Waals surface area contributed by atoms with Gasteiger partial charge < -0.3 is 29.0 Å². The van der Waals surface area contributed by atoms with Crippen molar-refractivity contribution in [3.63, 3.8) is 0 Å². The average molecular weight is 523 g/mol. The number of nitrogens with one attached hydrogen (secondary N) is 2. The van der Waals surface area contributed by atoms with Crippen LogP contribution in [0.25, 0.3) is 0 Å². The van der Waals surface area contributed by atoms with Gasteiger partial charge in [-0.1, -0.05) is 20.8 Å². The van der Waals surface area contributed by atoms with Crippen LogP contribution in [0, 0.1) is 0 Å². The zero-order chi connectivity index (χ0) is 25.8. The zero-order valence-corrected chi connectivity index (χ0v) is 21.6. The van der Waals surface area contributed by atoms with Gasteiger partial charge in [-0.25, -0.2) is 8.42 Å². The number of benzene rings is 1. The summed E-state index contributed by atoms with van der Waals surface area (Å²) in [6.07, 6.45) is 4.05. The van der Waals surface area contributed by atoms with Crippen molar-refractivity contribution in [2.24, 2.45) is 4.76 Å². The number of fused-ring (bicyclic) bond motifs is 1. The summed E-state index contributed by atoms with van der Waals surface area (Å²) in [5, 5.41) is 25.6. The highest BCUT2D eigenvalue weighted by molar-refractivity contribution is 7.92. The molecule has 0 saturated carbocycles. The first-order valence-electron chi connectivity index (χ1n) is 10.6. The molecule has 1 unspecified atom stereocenters. The molecule has 3 heterocycles. The second kappa shape index (κ2) is 8.47. The molecule has 13 heteroatoms. The minimum Gasteiger partial charge on any atom is -0.505 e. The Morgan fingerprint density at radius 1 is 1.26 bits per heavy atom. The van der Waals surface area contributed by atoms with E-state index < -0.39 is 23.0 Å². The lowest BCUT2D eigenvalue weighted by atomic mass is 9.91. The first-order chi connectivity index (χ1) is 16.2. The van der Waals surface area contributed by atoms with Crippen molar-refractivity contribution < 1.29 is 32.1 Å². The standard InChI is InChI=1S/C22H27N4O7PS/c1-22(2,3)19-18(27)17(21(28)26(19)11-13-8-9-33-12-13)20-23-15-7-6-14(25-35(5,30)31)10-16(15)34(29,24-20)32-4/h6-10,12,25,27-28H,11H2,1-5H3,(H,23,24,29). The Morgan fingerprint density at radius 2 is 1.97 bits per heavy atom. The van der Waals surface area contributed by atoms with E-state index in [-0.39, 0.29) is 40.6 Å². The monoisotopic (exact) mass is 522 g/mol. The summed E-state index contributed by atoms with van der Waals surface area (Å²) in [7, 11) is -6.24. The van der Waals surface area contributed by atoms with Crippen LogP contribution in [0.5, 0.6) is 11.6 Å². The van der Waals surface area contributed by atoms with Crippen LogP contribution in [-0.2, 0) is 31.1 Å². The molecular weight excluding hydrogens is 495 g/mol. The van der Waals surface area contributed by atoms with Gasteiger partial charge in [0.2, 0.25) is 15.9 Å². The van der Waals surface area contributed by atoms with Crippen LogP contribution in [0.2, 0.25) is 0 Å². The summed E-state index contributed by atoms with van der Waals surface area (Å²) >= 11 is 0. The summed E-state index contributed by atoms with van der Waals surface area (Å²) in [6.45, 7) is 5.88. The highest BCUT2D eigenvalue weighted by Gasteiger charge is 2.38. The molecule has 1 aromatic carbocycles. The third-order valence-electron chi connectivity index (χ3n) is 5.42. The number of nitrogens with zero attached hydrogens (tertiary/aromatic N) is 2. The third kappa shape index (κ3) is 4.69. The van der Waals surface area contributed by atoms with E-state index in [0.717, 1.165) is 11.8 Å². The molecule has 11 nitrogen and oxygen atoms in total. The van der Waals surface area contributed by atoms with Crippen LogP contribution in [0.1, 0.15) is 37.6 Å². The molecule has 0 saturated heterocycles. The van der Waals surface area contributed by atoms with Crippen LogP contribution in [0.4, 0.5) is 11.4 Å². The molecule has 2 aromatic heterocycles. The maximum atomic E-state index is 13.7. The van der Waals surface area contributed by atoms with Crippen molar-refractivity contribution in [2.45, 2.75) is 32.7 Å². The predicted molar refractivity (Wildman–Crippen MR) is 134 cm³/mol. The summed E-state index contributed by atoms with van der Waals surface area (Å²) < 4.78 is 55.5. The molecule has 188 valence electrons. The van der Waals surface area contributed by atoms with Crippen molar-refractivity contribution >= 4 is 40.1 Å². The zero-order valence-electron chi connectivity index (χ0n) is 19.9. The molecule has 0 amide bonds. The Hall–Kier alpha value is -3.21. The van der Waals surface area contributed by atoms with Gasteiger partial charge in [0.05, 0.1) is 42.0 Å². The molecule has 0 radical (unpaired) electrons. The second-order valence-corrected chi connectivity index (χ2v) is 13.1. The van der Waals surface area contributed by atoms with E-state index in [9.17, 15) is 23.2 Å². The van der Waals surface area contributed by atoms with E-state index in [1.807, 2.05) is 20.8 Å². The van der Waals surface area contributed by atoms with Crippen molar-refractivity contribution in [1.29, 1.82) is 0 Å². The maximum absolute atomic E-state index is 13.7. The largest absolute Gasteiger partial charge is 0.505 e. The quantitative estimate of drug-likeness (QED) is 0.358. The van der Waals surface area contributed by atoms with Crippen LogP contribution in [0.3, 0.4) is 0 Å². The molecule has 35 heavy (non-hydrogen) atoms. The topological polar surface area (TPSA) is 155 Å². The van der Waals surface area contributed by atoms with Gasteiger partial charge in [-0.2, -0.15) is 4.76 Å². The highest BCUT2D eigenvalue weighted by atomic mass is 32.2. The number of amidine groups is 1. The Morgan fingerprint density at radius 3 is 2.54 bits per heavy atom. The number of sulfonamides is 1. The molecule has 3 aromatic rings. The first-order valence-corrected chi connectivity index (χ1v) is 14.0. The first kappa shape index (κ1) is 24.9. The predicted octanol–water partition coefficient (Wildman–Crippen LogP) is 3.55. The van der Waals surface area contributed by atoms with E-state index in [2.05, 4.69) is 14.8 Å². The normalized spacial score (nSPS) is 18.0. The van der Waals surface area contributed by atoms with Gasteiger partial charge in [0.25, 0.3) is 0 Å². The third-order valence-corrected chi connectivity index (χ3v) is 7.96. The van der Waals surface area contributed by atoms with Gasteiger partial charge in [-0.3, -0.25) is 9.29 Å². The van der Waals surface area contributed by atoms with Crippen LogP contribution < -0.4 is 15.3 Å². The van der Waals surface area contributed by atoms with Gasteiger partial charge >= 0.3 is 7.52 Å². The van der Waals surface area contributed by atoms with E-state index in [4.69, 9.17) is 8.94 Å². The minimum absolute atomic E-state index is 0.0281. The maximum Gasteiger partial charge on any atom is 0.348 e. The molecule has 0 aliphatic carbocycles. The number of aromatic hydroxyl groups is 2. The molecule has 0 bridgehead atoms. The Bertz CT molecular complexity index is 1470. The number of hydrogen-bond donors (Lipinski definition) is 4. The lowest BCUT2D eigenvalue weighted by Crippen LogP contribution is -2.26. The van der Waals surface area contributed by atoms with Crippen LogP contribution >= 0.6 is 7.52 Å². The molecule has 1 atom stereocenters. The fourth-order valence-corrected chi connectivity index (χ4v) is 6.12. The molecule has 4 N–H and O–H groups in total. The lowest BCUT2D eigenvalue weighted by Gasteiger charge is -2.24. The Labute approximate surface area is 203 Å². The van der Waals surface area contributed by atoms with Gasteiger partial charge in [-0.15, -0.1) is 0 Å². The summed E-state index contributed by atoms with van der Waals surface area (Å²) in [4.78, 5) is 0. The van der Waals surface area contributed by atoms with Crippen molar-refractivity contribution in [3.8, 4) is 11.6 Å². The van der Waals surface area contributed by atoms with Crippen molar-refractivity contribution in [2.75, 3.05) is 23.4 Å². The molecule has 4 rings (SSSR count). The Kier molecular flexibility index (Phi) is 6.03. The van der Waals surface area contributed by atoms with Crippen molar-refractivity contribution in [3.05, 3.63) is 53.6 Å². The second-order valence-electron chi connectivity index (χ2n) is 9.25. The molecule has 1 aliphatic heterocycles. The van der Waals surface area contributed by atoms with Crippen LogP contribution in [0.15, 0.2) is 46.0 Å². The summed E-state index contributed by atoms with van der Waals surface area (Å²) in [5.74, 6) is -0.537. The fraction of sp³-hybridized carbons (Fsp3) is 0.318.